The highest BCUT2D eigenvalue weighted by Gasteiger charge is 2.08. The van der Waals surface area contributed by atoms with Gasteiger partial charge in [0.25, 0.3) is 0 Å². The lowest BCUT2D eigenvalue weighted by molar-refractivity contribution is -0.133. The van der Waals surface area contributed by atoms with E-state index in [2.05, 4.69) is 4.98 Å². The quantitative estimate of drug-likeness (QED) is 0.811. The number of hydrogen-bond donors (Lipinski definition) is 2. The van der Waals surface area contributed by atoms with Crippen LogP contribution in [0.2, 0.25) is 0 Å². The SMILES string of the molecule is CN(Cc1cc2ccccc2[nH]1)C(=O)CO. The van der Waals surface area contributed by atoms with E-state index >= 15 is 0 Å². The minimum absolute atomic E-state index is 0.279. The van der Waals surface area contributed by atoms with Gasteiger partial charge in [0.15, 0.2) is 0 Å². The first-order valence-corrected chi connectivity index (χ1v) is 5.12. The summed E-state index contributed by atoms with van der Waals surface area (Å²) in [5, 5.41) is 9.85. The molecule has 1 aromatic carbocycles. The molecule has 0 aliphatic heterocycles. The summed E-state index contributed by atoms with van der Waals surface area (Å²) >= 11 is 0. The second kappa shape index (κ2) is 4.37. The van der Waals surface area contributed by atoms with Crippen LogP contribution < -0.4 is 0 Å². The lowest BCUT2D eigenvalue weighted by atomic mass is 10.2. The molecular formula is C12H14N2O2. The summed E-state index contributed by atoms with van der Waals surface area (Å²) in [6, 6.07) is 9.96. The smallest absolute Gasteiger partial charge is 0.248 e. The number of rotatable bonds is 3. The van der Waals surface area contributed by atoms with Crippen LogP contribution in [0.1, 0.15) is 5.69 Å². The van der Waals surface area contributed by atoms with Crippen molar-refractivity contribution in [2.24, 2.45) is 0 Å². The van der Waals surface area contributed by atoms with E-state index in [0.29, 0.717) is 6.54 Å². The van der Waals surface area contributed by atoms with Crippen molar-refractivity contribution < 1.29 is 9.90 Å². The number of benzene rings is 1. The second-order valence-electron chi connectivity index (χ2n) is 3.79. The van der Waals surface area contributed by atoms with Gasteiger partial charge < -0.3 is 15.0 Å². The number of nitrogens with zero attached hydrogens (tertiary/aromatic N) is 1. The Balaban J connectivity index is 2.18. The summed E-state index contributed by atoms with van der Waals surface area (Å²) in [5.74, 6) is -0.279. The fourth-order valence-corrected chi connectivity index (χ4v) is 1.68. The van der Waals surface area contributed by atoms with E-state index in [1.807, 2.05) is 30.3 Å². The lowest BCUT2D eigenvalue weighted by Crippen LogP contribution is -2.28. The van der Waals surface area contributed by atoms with Crippen LogP contribution in [0.25, 0.3) is 10.9 Å². The second-order valence-corrected chi connectivity index (χ2v) is 3.79. The number of aromatic amines is 1. The maximum Gasteiger partial charge on any atom is 0.248 e. The molecule has 2 rings (SSSR count). The number of aliphatic hydroxyl groups excluding tert-OH is 1. The van der Waals surface area contributed by atoms with Crippen LogP contribution in [0.4, 0.5) is 0 Å². The number of aromatic nitrogens is 1. The molecule has 0 unspecified atom stereocenters. The largest absolute Gasteiger partial charge is 0.387 e. The van der Waals surface area contributed by atoms with Crippen molar-refractivity contribution in [2.45, 2.75) is 6.54 Å². The summed E-state index contributed by atoms with van der Waals surface area (Å²) in [6.07, 6.45) is 0. The zero-order valence-corrected chi connectivity index (χ0v) is 9.10. The number of likely N-dealkylation sites (N-methyl/N-ethyl adjacent to an activating group) is 1. The van der Waals surface area contributed by atoms with Gasteiger partial charge in [0.05, 0.1) is 6.54 Å². The summed E-state index contributed by atoms with van der Waals surface area (Å²) in [4.78, 5) is 15.9. The van der Waals surface area contributed by atoms with Crippen molar-refractivity contribution in [3.63, 3.8) is 0 Å². The standard InChI is InChI=1S/C12H14N2O2/c1-14(12(16)8-15)7-10-6-9-4-2-3-5-11(9)13-10/h2-6,13,15H,7-8H2,1H3. The first-order chi connectivity index (χ1) is 7.70. The van der Waals surface area contributed by atoms with Gasteiger partial charge in [0.2, 0.25) is 5.91 Å². The first kappa shape index (κ1) is 10.7. The lowest BCUT2D eigenvalue weighted by Gasteiger charge is -2.14. The Bertz CT molecular complexity index is 471. The van der Waals surface area contributed by atoms with E-state index in [1.54, 1.807) is 7.05 Å². The summed E-state index contributed by atoms with van der Waals surface area (Å²) < 4.78 is 0. The number of carbonyl (C=O) groups is 1. The highest BCUT2D eigenvalue weighted by atomic mass is 16.3. The number of aliphatic hydroxyl groups is 1. The highest BCUT2D eigenvalue weighted by Crippen LogP contribution is 2.15. The summed E-state index contributed by atoms with van der Waals surface area (Å²) in [7, 11) is 1.67. The number of hydrogen-bond acceptors (Lipinski definition) is 2. The molecule has 0 bridgehead atoms. The Morgan fingerprint density at radius 1 is 1.44 bits per heavy atom. The van der Waals surface area contributed by atoms with Crippen molar-refractivity contribution in [1.29, 1.82) is 0 Å². The predicted molar refractivity (Wildman–Crippen MR) is 61.9 cm³/mol. The highest BCUT2D eigenvalue weighted by molar-refractivity contribution is 5.80. The Morgan fingerprint density at radius 2 is 2.19 bits per heavy atom. The molecule has 4 heteroatoms. The normalized spacial score (nSPS) is 10.6. The molecule has 0 aliphatic rings. The molecular weight excluding hydrogens is 204 g/mol. The number of nitrogens with one attached hydrogen (secondary N) is 1. The Hall–Kier alpha value is -1.81. The molecule has 2 aromatic rings. The van der Waals surface area contributed by atoms with Crippen molar-refractivity contribution in [3.05, 3.63) is 36.0 Å². The molecule has 2 N–H and O–H groups in total. The van der Waals surface area contributed by atoms with Crippen LogP contribution >= 0.6 is 0 Å². The van der Waals surface area contributed by atoms with Gasteiger partial charge >= 0.3 is 0 Å². The molecule has 0 saturated heterocycles. The van der Waals surface area contributed by atoms with E-state index < -0.39 is 6.61 Å². The Kier molecular flexibility index (Phi) is 2.92. The van der Waals surface area contributed by atoms with Gasteiger partial charge in [-0.1, -0.05) is 18.2 Å². The monoisotopic (exact) mass is 218 g/mol. The zero-order chi connectivity index (χ0) is 11.5. The predicted octanol–water partition coefficient (Wildman–Crippen LogP) is 1.12. The Morgan fingerprint density at radius 3 is 2.88 bits per heavy atom. The van der Waals surface area contributed by atoms with Gasteiger partial charge in [-0.05, 0) is 17.5 Å². The van der Waals surface area contributed by atoms with Gasteiger partial charge in [-0.3, -0.25) is 4.79 Å². The number of H-pyrrole nitrogens is 1. The number of fused-ring (bicyclic) bond motifs is 1. The molecule has 1 heterocycles. The molecule has 1 amide bonds. The van der Waals surface area contributed by atoms with Crippen molar-refractivity contribution in [1.82, 2.24) is 9.88 Å². The van der Waals surface area contributed by atoms with Crippen LogP contribution in [0, 0.1) is 0 Å². The van der Waals surface area contributed by atoms with E-state index in [1.165, 1.54) is 4.90 Å². The third kappa shape index (κ3) is 2.06. The van der Waals surface area contributed by atoms with Crippen molar-refractivity contribution in [2.75, 3.05) is 13.7 Å². The molecule has 4 nitrogen and oxygen atoms in total. The van der Waals surface area contributed by atoms with Gasteiger partial charge in [0, 0.05) is 18.3 Å². The first-order valence-electron chi connectivity index (χ1n) is 5.12. The summed E-state index contributed by atoms with van der Waals surface area (Å²) in [6.45, 7) is 0.0325. The molecule has 16 heavy (non-hydrogen) atoms. The minimum Gasteiger partial charge on any atom is -0.387 e. The van der Waals surface area contributed by atoms with E-state index in [4.69, 9.17) is 5.11 Å². The number of carbonyl (C=O) groups excluding carboxylic acids is 1. The average Bonchev–Trinajstić information content (AvgIpc) is 2.69. The van der Waals surface area contributed by atoms with Gasteiger partial charge in [-0.25, -0.2) is 0 Å². The molecule has 0 atom stereocenters. The fraction of sp³-hybridized carbons (Fsp3) is 0.250. The molecule has 0 fully saturated rings. The number of amides is 1. The zero-order valence-electron chi connectivity index (χ0n) is 9.10. The molecule has 84 valence electrons. The van der Waals surface area contributed by atoms with Crippen LogP contribution in [-0.4, -0.2) is 34.6 Å². The molecule has 0 saturated carbocycles. The van der Waals surface area contributed by atoms with Crippen LogP contribution in [-0.2, 0) is 11.3 Å². The molecule has 0 spiro atoms. The van der Waals surface area contributed by atoms with Crippen LogP contribution in [0.15, 0.2) is 30.3 Å². The van der Waals surface area contributed by atoms with E-state index in [9.17, 15) is 4.79 Å². The fourth-order valence-electron chi connectivity index (χ4n) is 1.68. The Labute approximate surface area is 93.5 Å². The summed E-state index contributed by atoms with van der Waals surface area (Å²) in [5.41, 5.74) is 2.02. The van der Waals surface area contributed by atoms with E-state index in [-0.39, 0.29) is 5.91 Å². The molecule has 0 aliphatic carbocycles. The third-order valence-corrected chi connectivity index (χ3v) is 2.55. The van der Waals surface area contributed by atoms with Crippen molar-refractivity contribution in [3.8, 4) is 0 Å². The maximum atomic E-state index is 11.2. The maximum absolute atomic E-state index is 11.2. The van der Waals surface area contributed by atoms with Crippen molar-refractivity contribution >= 4 is 16.8 Å². The topological polar surface area (TPSA) is 56.3 Å². The average molecular weight is 218 g/mol. The van der Waals surface area contributed by atoms with Gasteiger partial charge in [-0.2, -0.15) is 0 Å². The molecule has 0 radical (unpaired) electrons. The molecule has 1 aromatic heterocycles. The number of para-hydroxylation sites is 1. The minimum atomic E-state index is -0.448. The van der Waals surface area contributed by atoms with Gasteiger partial charge in [0.1, 0.15) is 6.61 Å². The van der Waals surface area contributed by atoms with E-state index in [0.717, 1.165) is 16.6 Å². The van der Waals surface area contributed by atoms with Crippen LogP contribution in [0.3, 0.4) is 0 Å². The van der Waals surface area contributed by atoms with Gasteiger partial charge in [-0.15, -0.1) is 0 Å². The third-order valence-electron chi connectivity index (χ3n) is 2.55. The van der Waals surface area contributed by atoms with Crippen LogP contribution in [0.5, 0.6) is 0 Å².